The Labute approximate surface area is 123 Å². The number of carbonyl (C=O) groups excluding carboxylic acids is 1. The van der Waals surface area contributed by atoms with E-state index in [1.807, 2.05) is 25.1 Å². The normalized spacial score (nSPS) is 10.2. The van der Waals surface area contributed by atoms with E-state index in [-0.39, 0.29) is 17.4 Å². The third kappa shape index (κ3) is 3.68. The number of nitrogens with one attached hydrogen (secondary N) is 1. The number of hydrogen-bond acceptors (Lipinski definition) is 5. The van der Waals surface area contributed by atoms with Gasteiger partial charge in [0.05, 0.1) is 7.11 Å². The molecule has 0 radical (unpaired) electrons. The van der Waals surface area contributed by atoms with Crippen molar-refractivity contribution in [3.8, 4) is 5.75 Å². The number of amides is 1. The Kier molecular flexibility index (Phi) is 4.71. The average molecular weight is 286 g/mol. The van der Waals surface area contributed by atoms with Crippen molar-refractivity contribution in [3.05, 3.63) is 47.4 Å². The smallest absolute Gasteiger partial charge is 0.273 e. The van der Waals surface area contributed by atoms with Crippen LogP contribution in [-0.4, -0.2) is 29.5 Å². The number of benzene rings is 1. The molecule has 0 saturated carbocycles. The number of nitrogens with zero attached hydrogens (tertiary/aromatic N) is 2. The maximum absolute atomic E-state index is 12.0. The Morgan fingerprint density at radius 1 is 1.33 bits per heavy atom. The van der Waals surface area contributed by atoms with Crippen LogP contribution in [0, 0.1) is 6.92 Å². The van der Waals surface area contributed by atoms with E-state index in [4.69, 9.17) is 10.5 Å². The van der Waals surface area contributed by atoms with Gasteiger partial charge in [-0.25, -0.2) is 9.97 Å². The lowest BCUT2D eigenvalue weighted by molar-refractivity contribution is 0.0949. The fourth-order valence-electron chi connectivity index (χ4n) is 2.02. The first-order valence-electron chi connectivity index (χ1n) is 6.60. The second kappa shape index (κ2) is 6.69. The molecule has 21 heavy (non-hydrogen) atoms. The van der Waals surface area contributed by atoms with Crippen LogP contribution in [0.15, 0.2) is 30.6 Å². The van der Waals surface area contributed by atoms with Gasteiger partial charge in [0.2, 0.25) is 0 Å². The van der Waals surface area contributed by atoms with Gasteiger partial charge in [-0.05, 0) is 25.0 Å². The van der Waals surface area contributed by atoms with Crippen molar-refractivity contribution in [1.29, 1.82) is 0 Å². The van der Waals surface area contributed by atoms with E-state index in [0.29, 0.717) is 13.0 Å². The van der Waals surface area contributed by atoms with E-state index in [2.05, 4.69) is 15.3 Å². The summed E-state index contributed by atoms with van der Waals surface area (Å²) in [6, 6.07) is 5.95. The zero-order valence-electron chi connectivity index (χ0n) is 12.1. The first-order valence-corrected chi connectivity index (χ1v) is 6.60. The van der Waals surface area contributed by atoms with Gasteiger partial charge in [0.1, 0.15) is 5.75 Å². The minimum atomic E-state index is -0.327. The SMILES string of the molecule is COc1ccc(C)cc1CCNC(=O)c1nccnc1N. The predicted octanol–water partition coefficient (Wildman–Crippen LogP) is 1.35. The van der Waals surface area contributed by atoms with Crippen LogP contribution in [0.5, 0.6) is 5.75 Å². The molecule has 0 atom stereocenters. The molecule has 0 bridgehead atoms. The Hall–Kier alpha value is -2.63. The molecule has 6 heteroatoms. The van der Waals surface area contributed by atoms with Crippen molar-refractivity contribution < 1.29 is 9.53 Å². The molecule has 0 aliphatic heterocycles. The largest absolute Gasteiger partial charge is 0.496 e. The fourth-order valence-corrected chi connectivity index (χ4v) is 2.02. The van der Waals surface area contributed by atoms with Crippen LogP contribution in [0.1, 0.15) is 21.6 Å². The van der Waals surface area contributed by atoms with Crippen LogP contribution in [0.2, 0.25) is 0 Å². The van der Waals surface area contributed by atoms with Gasteiger partial charge < -0.3 is 15.8 Å². The van der Waals surface area contributed by atoms with Gasteiger partial charge in [-0.3, -0.25) is 4.79 Å². The minimum Gasteiger partial charge on any atom is -0.496 e. The summed E-state index contributed by atoms with van der Waals surface area (Å²) in [5.74, 6) is 0.615. The molecular weight excluding hydrogens is 268 g/mol. The molecule has 0 saturated heterocycles. The molecule has 0 spiro atoms. The molecule has 0 aliphatic rings. The lowest BCUT2D eigenvalue weighted by Gasteiger charge is -2.10. The number of ether oxygens (including phenoxy) is 1. The number of carbonyl (C=O) groups is 1. The summed E-state index contributed by atoms with van der Waals surface area (Å²) in [7, 11) is 1.63. The van der Waals surface area contributed by atoms with Crippen molar-refractivity contribution in [2.75, 3.05) is 19.4 Å². The van der Waals surface area contributed by atoms with Gasteiger partial charge in [-0.15, -0.1) is 0 Å². The third-order valence-electron chi connectivity index (χ3n) is 3.06. The highest BCUT2D eigenvalue weighted by atomic mass is 16.5. The molecule has 0 fully saturated rings. The van der Waals surface area contributed by atoms with Crippen LogP contribution in [0.3, 0.4) is 0 Å². The monoisotopic (exact) mass is 286 g/mol. The number of anilines is 1. The van der Waals surface area contributed by atoms with E-state index in [0.717, 1.165) is 16.9 Å². The molecule has 0 aliphatic carbocycles. The van der Waals surface area contributed by atoms with Crippen LogP contribution < -0.4 is 15.8 Å². The highest BCUT2D eigenvalue weighted by molar-refractivity contribution is 5.96. The first kappa shape index (κ1) is 14.8. The molecule has 1 heterocycles. The van der Waals surface area contributed by atoms with Gasteiger partial charge in [0, 0.05) is 18.9 Å². The fraction of sp³-hybridized carbons (Fsp3) is 0.267. The number of aryl methyl sites for hydroxylation is 1. The number of aromatic nitrogens is 2. The van der Waals surface area contributed by atoms with Crippen LogP contribution >= 0.6 is 0 Å². The molecule has 1 amide bonds. The Balaban J connectivity index is 1.97. The van der Waals surface area contributed by atoms with Gasteiger partial charge in [-0.1, -0.05) is 17.7 Å². The minimum absolute atomic E-state index is 0.128. The second-order valence-electron chi connectivity index (χ2n) is 4.61. The van der Waals surface area contributed by atoms with Crippen molar-refractivity contribution in [3.63, 3.8) is 0 Å². The van der Waals surface area contributed by atoms with Gasteiger partial charge in [0.15, 0.2) is 11.5 Å². The molecular formula is C15H18N4O2. The predicted molar refractivity (Wildman–Crippen MR) is 80.2 cm³/mol. The topological polar surface area (TPSA) is 90.1 Å². The van der Waals surface area contributed by atoms with Crippen LogP contribution in [-0.2, 0) is 6.42 Å². The quantitative estimate of drug-likeness (QED) is 0.866. The average Bonchev–Trinajstić information content (AvgIpc) is 2.48. The van der Waals surface area contributed by atoms with Crippen LogP contribution in [0.4, 0.5) is 5.82 Å². The highest BCUT2D eigenvalue weighted by Crippen LogP contribution is 2.19. The number of hydrogen-bond donors (Lipinski definition) is 2. The van der Waals surface area contributed by atoms with Crippen molar-refractivity contribution >= 4 is 11.7 Å². The summed E-state index contributed by atoms with van der Waals surface area (Å²) >= 11 is 0. The summed E-state index contributed by atoms with van der Waals surface area (Å²) in [5, 5.41) is 2.78. The lowest BCUT2D eigenvalue weighted by atomic mass is 10.1. The van der Waals surface area contributed by atoms with E-state index >= 15 is 0 Å². The third-order valence-corrected chi connectivity index (χ3v) is 3.06. The summed E-state index contributed by atoms with van der Waals surface area (Å²) in [6.45, 7) is 2.48. The summed E-state index contributed by atoms with van der Waals surface area (Å²) in [5.41, 5.74) is 7.96. The Bertz CT molecular complexity index is 643. The summed E-state index contributed by atoms with van der Waals surface area (Å²) in [4.78, 5) is 19.7. The maximum atomic E-state index is 12.0. The molecule has 110 valence electrons. The molecule has 2 aromatic rings. The van der Waals surface area contributed by atoms with Crippen LogP contribution in [0.25, 0.3) is 0 Å². The summed E-state index contributed by atoms with van der Waals surface area (Å²) < 4.78 is 5.31. The summed E-state index contributed by atoms with van der Waals surface area (Å²) in [6.07, 6.45) is 3.55. The molecule has 1 aromatic carbocycles. The number of methoxy groups -OCH3 is 1. The van der Waals surface area contributed by atoms with E-state index in [9.17, 15) is 4.79 Å². The zero-order valence-corrected chi connectivity index (χ0v) is 12.1. The van der Waals surface area contributed by atoms with Gasteiger partial charge in [0.25, 0.3) is 5.91 Å². The molecule has 2 rings (SSSR count). The van der Waals surface area contributed by atoms with Crippen molar-refractivity contribution in [2.24, 2.45) is 0 Å². The second-order valence-corrected chi connectivity index (χ2v) is 4.61. The molecule has 0 unspecified atom stereocenters. The molecule has 6 nitrogen and oxygen atoms in total. The zero-order chi connectivity index (χ0) is 15.2. The molecule has 3 N–H and O–H groups in total. The van der Waals surface area contributed by atoms with Crippen molar-refractivity contribution in [2.45, 2.75) is 13.3 Å². The Morgan fingerprint density at radius 3 is 2.81 bits per heavy atom. The molecule has 1 aromatic heterocycles. The lowest BCUT2D eigenvalue weighted by Crippen LogP contribution is -2.27. The van der Waals surface area contributed by atoms with Gasteiger partial charge >= 0.3 is 0 Å². The number of rotatable bonds is 5. The first-order chi connectivity index (χ1) is 10.1. The number of nitrogens with two attached hydrogens (primary N) is 1. The van der Waals surface area contributed by atoms with Crippen molar-refractivity contribution in [1.82, 2.24) is 15.3 Å². The maximum Gasteiger partial charge on any atom is 0.273 e. The Morgan fingerprint density at radius 2 is 2.10 bits per heavy atom. The van der Waals surface area contributed by atoms with E-state index in [1.54, 1.807) is 7.11 Å². The number of nitrogen functional groups attached to an aromatic ring is 1. The van der Waals surface area contributed by atoms with E-state index < -0.39 is 0 Å². The standard InChI is InChI=1S/C15H18N4O2/c1-10-3-4-12(21-2)11(9-10)5-6-19-15(20)13-14(16)18-8-7-17-13/h3-4,7-9H,5-6H2,1-2H3,(H2,16,18)(H,19,20). The highest BCUT2D eigenvalue weighted by Gasteiger charge is 2.11. The van der Waals surface area contributed by atoms with Gasteiger partial charge in [-0.2, -0.15) is 0 Å². The van der Waals surface area contributed by atoms with E-state index in [1.165, 1.54) is 12.4 Å².